The topological polar surface area (TPSA) is 60.4 Å². The predicted octanol–water partition coefficient (Wildman–Crippen LogP) is 3.65. The highest BCUT2D eigenvalue weighted by molar-refractivity contribution is 8.13. The smallest absolute Gasteiger partial charge is 0.338 e. The van der Waals surface area contributed by atoms with Crippen LogP contribution in [0.15, 0.2) is 17.0 Å². The quantitative estimate of drug-likeness (QED) is 0.608. The van der Waals surface area contributed by atoms with E-state index in [1.807, 2.05) is 13.8 Å². The van der Waals surface area contributed by atoms with Crippen molar-refractivity contribution in [3.8, 4) is 0 Å². The molecule has 0 amide bonds. The zero-order valence-corrected chi connectivity index (χ0v) is 13.9. The molecule has 1 atom stereocenters. The van der Waals surface area contributed by atoms with E-state index in [0.717, 1.165) is 12.1 Å². The van der Waals surface area contributed by atoms with E-state index in [0.29, 0.717) is 12.3 Å². The van der Waals surface area contributed by atoms with E-state index in [1.54, 1.807) is 6.92 Å². The Labute approximate surface area is 128 Å². The van der Waals surface area contributed by atoms with Crippen LogP contribution >= 0.6 is 10.7 Å². The van der Waals surface area contributed by atoms with Crippen LogP contribution in [-0.2, 0) is 13.8 Å². The zero-order chi connectivity index (χ0) is 16.4. The Hall–Kier alpha value is -1.14. The lowest BCUT2D eigenvalue weighted by atomic mass is 10.1. The summed E-state index contributed by atoms with van der Waals surface area (Å²) < 4.78 is 41.5. The normalized spacial score (nSPS) is 13.3. The third-order valence-electron chi connectivity index (χ3n) is 2.92. The molecule has 0 aliphatic rings. The van der Waals surface area contributed by atoms with E-state index < -0.39 is 25.7 Å². The van der Waals surface area contributed by atoms with E-state index in [-0.39, 0.29) is 17.2 Å². The summed E-state index contributed by atoms with van der Waals surface area (Å²) in [6.07, 6.45) is 0.303. The fraction of sp³-hybridized carbons (Fsp3) is 0.500. The molecule has 4 nitrogen and oxygen atoms in total. The Balaban J connectivity index is 3.14. The first-order valence-electron chi connectivity index (χ1n) is 6.48. The van der Waals surface area contributed by atoms with Gasteiger partial charge in [-0.15, -0.1) is 0 Å². The number of hydrogen-bond acceptors (Lipinski definition) is 4. The molecule has 0 aliphatic heterocycles. The van der Waals surface area contributed by atoms with Crippen molar-refractivity contribution in [3.05, 3.63) is 29.1 Å². The molecule has 0 spiro atoms. The molecular formula is C14H18ClFO4S. The SMILES string of the molecule is Cc1c(C(=O)OC(C)CC(C)C)cc(F)cc1S(=O)(=O)Cl. The van der Waals surface area contributed by atoms with Gasteiger partial charge in [-0.1, -0.05) is 13.8 Å². The highest BCUT2D eigenvalue weighted by Crippen LogP contribution is 2.25. The van der Waals surface area contributed by atoms with E-state index in [2.05, 4.69) is 0 Å². The zero-order valence-electron chi connectivity index (χ0n) is 12.3. The molecular weight excluding hydrogens is 319 g/mol. The third kappa shape index (κ3) is 4.97. The van der Waals surface area contributed by atoms with Gasteiger partial charge in [0, 0.05) is 10.7 Å². The second-order valence-electron chi connectivity index (χ2n) is 5.36. The molecule has 0 saturated carbocycles. The Morgan fingerprint density at radius 2 is 1.90 bits per heavy atom. The third-order valence-corrected chi connectivity index (χ3v) is 4.37. The molecule has 0 saturated heterocycles. The van der Waals surface area contributed by atoms with Crippen molar-refractivity contribution in [2.45, 2.75) is 45.1 Å². The van der Waals surface area contributed by atoms with E-state index >= 15 is 0 Å². The van der Waals surface area contributed by atoms with Crippen LogP contribution < -0.4 is 0 Å². The number of hydrogen-bond donors (Lipinski definition) is 0. The van der Waals surface area contributed by atoms with Crippen molar-refractivity contribution in [1.82, 2.24) is 0 Å². The van der Waals surface area contributed by atoms with Gasteiger partial charge in [-0.05, 0) is 43.9 Å². The van der Waals surface area contributed by atoms with E-state index in [9.17, 15) is 17.6 Å². The Morgan fingerprint density at radius 1 is 1.33 bits per heavy atom. The molecule has 0 heterocycles. The molecule has 0 bridgehead atoms. The van der Waals surface area contributed by atoms with Gasteiger partial charge in [-0.2, -0.15) is 0 Å². The average molecular weight is 337 g/mol. The molecule has 7 heteroatoms. The molecule has 21 heavy (non-hydrogen) atoms. The number of carbonyl (C=O) groups is 1. The second kappa shape index (κ2) is 6.75. The van der Waals surface area contributed by atoms with Crippen LogP contribution in [0, 0.1) is 18.7 Å². The molecule has 1 aromatic rings. The largest absolute Gasteiger partial charge is 0.459 e. The van der Waals surface area contributed by atoms with Gasteiger partial charge in [-0.25, -0.2) is 17.6 Å². The van der Waals surface area contributed by atoms with Crippen LogP contribution in [0.4, 0.5) is 4.39 Å². The second-order valence-corrected chi connectivity index (χ2v) is 7.89. The Kier molecular flexibility index (Phi) is 5.75. The monoisotopic (exact) mass is 336 g/mol. The minimum absolute atomic E-state index is 0.0770. The van der Waals surface area contributed by atoms with Crippen molar-refractivity contribution in [2.75, 3.05) is 0 Å². The lowest BCUT2D eigenvalue weighted by Gasteiger charge is -2.16. The number of ether oxygens (including phenoxy) is 1. The average Bonchev–Trinajstić information content (AvgIpc) is 2.28. The maximum Gasteiger partial charge on any atom is 0.338 e. The summed E-state index contributed by atoms with van der Waals surface area (Å²) in [7, 11) is 1.11. The number of esters is 1. The van der Waals surface area contributed by atoms with Crippen molar-refractivity contribution >= 4 is 25.7 Å². The first-order valence-corrected chi connectivity index (χ1v) is 8.79. The van der Waals surface area contributed by atoms with E-state index in [1.165, 1.54) is 6.92 Å². The molecule has 118 valence electrons. The van der Waals surface area contributed by atoms with Crippen LogP contribution in [0.2, 0.25) is 0 Å². The van der Waals surface area contributed by atoms with Crippen molar-refractivity contribution in [2.24, 2.45) is 5.92 Å². The van der Waals surface area contributed by atoms with Crippen LogP contribution in [-0.4, -0.2) is 20.5 Å². The molecule has 0 aliphatic carbocycles. The molecule has 0 radical (unpaired) electrons. The van der Waals surface area contributed by atoms with Crippen molar-refractivity contribution < 1.29 is 22.3 Å². The molecule has 0 N–H and O–H groups in total. The van der Waals surface area contributed by atoms with Gasteiger partial charge in [0.2, 0.25) is 0 Å². The lowest BCUT2D eigenvalue weighted by Crippen LogP contribution is -2.18. The summed E-state index contributed by atoms with van der Waals surface area (Å²) in [6.45, 7) is 7.08. The van der Waals surface area contributed by atoms with Gasteiger partial charge in [-0.3, -0.25) is 0 Å². The fourth-order valence-electron chi connectivity index (χ4n) is 2.08. The van der Waals surface area contributed by atoms with Crippen LogP contribution in [0.1, 0.15) is 43.1 Å². The van der Waals surface area contributed by atoms with Crippen LogP contribution in [0.25, 0.3) is 0 Å². The first kappa shape index (κ1) is 17.9. The minimum Gasteiger partial charge on any atom is -0.459 e. The van der Waals surface area contributed by atoms with E-state index in [4.69, 9.17) is 15.4 Å². The Bertz CT molecular complexity index is 641. The highest BCUT2D eigenvalue weighted by atomic mass is 35.7. The lowest BCUT2D eigenvalue weighted by molar-refractivity contribution is 0.0298. The predicted molar refractivity (Wildman–Crippen MR) is 78.5 cm³/mol. The number of rotatable bonds is 5. The molecule has 1 unspecified atom stereocenters. The van der Waals surface area contributed by atoms with Gasteiger partial charge in [0.15, 0.2) is 0 Å². The molecule has 1 aromatic carbocycles. The minimum atomic E-state index is -4.14. The highest BCUT2D eigenvalue weighted by Gasteiger charge is 2.23. The summed E-state index contributed by atoms with van der Waals surface area (Å²) in [4.78, 5) is 11.6. The molecule has 0 fully saturated rings. The fourth-order valence-corrected chi connectivity index (χ4v) is 3.29. The number of carbonyl (C=O) groups excluding carboxylic acids is 1. The van der Waals surface area contributed by atoms with Crippen molar-refractivity contribution in [3.63, 3.8) is 0 Å². The van der Waals surface area contributed by atoms with Gasteiger partial charge in [0.25, 0.3) is 9.05 Å². The van der Waals surface area contributed by atoms with Gasteiger partial charge >= 0.3 is 5.97 Å². The summed E-state index contributed by atoms with van der Waals surface area (Å²) in [6, 6.07) is 1.73. The first-order chi connectivity index (χ1) is 9.52. The maximum atomic E-state index is 13.5. The molecule has 1 rings (SSSR count). The number of benzene rings is 1. The summed E-state index contributed by atoms with van der Waals surface area (Å²) in [5.41, 5.74) is -0.0574. The number of halogens is 2. The summed E-state index contributed by atoms with van der Waals surface area (Å²) in [5, 5.41) is 0. The summed E-state index contributed by atoms with van der Waals surface area (Å²) >= 11 is 0. The summed E-state index contributed by atoms with van der Waals surface area (Å²) in [5.74, 6) is -1.29. The van der Waals surface area contributed by atoms with Crippen LogP contribution in [0.3, 0.4) is 0 Å². The standard InChI is InChI=1S/C14H18ClFO4S/c1-8(2)5-9(3)20-14(17)12-6-11(16)7-13(10(12)4)21(15,18)19/h6-9H,5H2,1-4H3. The maximum absolute atomic E-state index is 13.5. The van der Waals surface area contributed by atoms with Gasteiger partial charge < -0.3 is 4.74 Å². The van der Waals surface area contributed by atoms with Gasteiger partial charge in [0.1, 0.15) is 5.82 Å². The molecule has 0 aromatic heterocycles. The Morgan fingerprint density at radius 3 is 2.38 bits per heavy atom. The van der Waals surface area contributed by atoms with Crippen molar-refractivity contribution in [1.29, 1.82) is 0 Å². The van der Waals surface area contributed by atoms with Gasteiger partial charge in [0.05, 0.1) is 16.6 Å². The van der Waals surface area contributed by atoms with Crippen LogP contribution in [0.5, 0.6) is 0 Å².